The van der Waals surface area contributed by atoms with E-state index >= 15 is 0 Å². The molecule has 3 rings (SSSR count). The summed E-state index contributed by atoms with van der Waals surface area (Å²) in [6.45, 7) is 1.67. The fraction of sp³-hybridized carbons (Fsp3) is 0.0952. The van der Waals surface area contributed by atoms with Crippen molar-refractivity contribution >= 4 is 50.7 Å². The average molecular weight is 479 g/mol. The van der Waals surface area contributed by atoms with Gasteiger partial charge in [-0.25, -0.2) is 18.2 Å². The summed E-state index contributed by atoms with van der Waals surface area (Å²) in [7, 11) is -2.90. The van der Waals surface area contributed by atoms with Crippen molar-refractivity contribution in [2.45, 2.75) is 11.8 Å². The Morgan fingerprint density at radius 1 is 1.03 bits per heavy atom. The lowest BCUT2D eigenvalue weighted by atomic mass is 10.0. The van der Waals surface area contributed by atoms with Crippen LogP contribution >= 0.6 is 23.2 Å². The number of benzene rings is 2. The monoisotopic (exact) mass is 478 g/mol. The van der Waals surface area contributed by atoms with Gasteiger partial charge in [0.15, 0.2) is 0 Å². The van der Waals surface area contributed by atoms with Gasteiger partial charge < -0.3 is 4.74 Å². The zero-order chi connectivity index (χ0) is 22.8. The Morgan fingerprint density at radius 2 is 1.71 bits per heavy atom. The number of aromatic nitrogens is 1. The molecule has 0 radical (unpaired) electrons. The first-order valence-electron chi connectivity index (χ1n) is 8.80. The summed E-state index contributed by atoms with van der Waals surface area (Å²) in [5.41, 5.74) is 0.234. The summed E-state index contributed by atoms with van der Waals surface area (Å²) < 4.78 is 32.9. The van der Waals surface area contributed by atoms with E-state index in [1.165, 1.54) is 49.7 Å². The van der Waals surface area contributed by atoms with E-state index in [9.17, 15) is 18.0 Å². The Balaban J connectivity index is 2.07. The summed E-state index contributed by atoms with van der Waals surface area (Å²) in [4.78, 5) is 29.2. The molecule has 1 N–H and O–H groups in total. The fourth-order valence-electron chi connectivity index (χ4n) is 2.78. The van der Waals surface area contributed by atoms with Crippen LogP contribution in [0.25, 0.3) is 0 Å². The SMILES string of the molecule is COC(=O)c1ccccc1C(=O)c1ncc(Cl)cc1NS(=O)(=O)c1ccc(Cl)c(C)c1. The van der Waals surface area contributed by atoms with Crippen molar-refractivity contribution in [3.05, 3.63) is 87.2 Å². The van der Waals surface area contributed by atoms with Crippen molar-refractivity contribution in [1.82, 2.24) is 4.98 Å². The van der Waals surface area contributed by atoms with E-state index in [1.54, 1.807) is 19.1 Å². The van der Waals surface area contributed by atoms with E-state index < -0.39 is 21.8 Å². The van der Waals surface area contributed by atoms with Crippen LogP contribution in [0.1, 0.15) is 32.0 Å². The molecule has 1 aromatic heterocycles. The second kappa shape index (κ2) is 9.05. The maximum atomic E-state index is 13.2. The summed E-state index contributed by atoms with van der Waals surface area (Å²) in [5.74, 6) is -1.39. The van der Waals surface area contributed by atoms with E-state index in [4.69, 9.17) is 27.9 Å². The Hall–Kier alpha value is -2.94. The summed E-state index contributed by atoms with van der Waals surface area (Å²) in [6.07, 6.45) is 1.21. The number of nitrogens with zero attached hydrogens (tertiary/aromatic N) is 1. The first-order chi connectivity index (χ1) is 14.6. The maximum Gasteiger partial charge on any atom is 0.338 e. The molecule has 0 saturated heterocycles. The highest BCUT2D eigenvalue weighted by Gasteiger charge is 2.25. The zero-order valence-electron chi connectivity index (χ0n) is 16.3. The van der Waals surface area contributed by atoms with Crippen LogP contribution in [0.5, 0.6) is 0 Å². The number of ketones is 1. The van der Waals surface area contributed by atoms with Crippen molar-refractivity contribution in [3.63, 3.8) is 0 Å². The van der Waals surface area contributed by atoms with Crippen molar-refractivity contribution in [1.29, 1.82) is 0 Å². The van der Waals surface area contributed by atoms with Gasteiger partial charge in [0.1, 0.15) is 5.69 Å². The molecule has 7 nitrogen and oxygen atoms in total. The number of pyridine rings is 1. The van der Waals surface area contributed by atoms with Gasteiger partial charge in [0.25, 0.3) is 10.0 Å². The minimum absolute atomic E-state index is 0.00644. The summed E-state index contributed by atoms with van der Waals surface area (Å²) in [6, 6.07) is 11.4. The number of carbonyl (C=O) groups is 2. The van der Waals surface area contributed by atoms with Crippen LogP contribution in [0.3, 0.4) is 0 Å². The minimum atomic E-state index is -4.09. The summed E-state index contributed by atoms with van der Waals surface area (Å²) >= 11 is 12.0. The Morgan fingerprint density at radius 3 is 2.35 bits per heavy atom. The average Bonchev–Trinajstić information content (AvgIpc) is 2.74. The molecular weight excluding hydrogens is 463 g/mol. The van der Waals surface area contributed by atoms with Gasteiger partial charge in [-0.1, -0.05) is 41.4 Å². The third-order valence-electron chi connectivity index (χ3n) is 4.33. The highest BCUT2D eigenvalue weighted by Crippen LogP contribution is 2.27. The van der Waals surface area contributed by atoms with Gasteiger partial charge >= 0.3 is 5.97 Å². The number of ether oxygens (including phenoxy) is 1. The number of carbonyl (C=O) groups excluding carboxylic acids is 2. The maximum absolute atomic E-state index is 13.2. The normalized spacial score (nSPS) is 11.1. The highest BCUT2D eigenvalue weighted by atomic mass is 35.5. The summed E-state index contributed by atoms with van der Waals surface area (Å²) in [5, 5.41) is 0.529. The largest absolute Gasteiger partial charge is 0.465 e. The van der Waals surface area contributed by atoms with Crippen LogP contribution < -0.4 is 4.72 Å². The molecule has 0 bridgehead atoms. The molecule has 0 aliphatic carbocycles. The Kier molecular flexibility index (Phi) is 6.64. The van der Waals surface area contributed by atoms with Crippen LogP contribution in [0.4, 0.5) is 5.69 Å². The highest BCUT2D eigenvalue weighted by molar-refractivity contribution is 7.92. The van der Waals surface area contributed by atoms with E-state index in [-0.39, 0.29) is 32.4 Å². The number of aryl methyl sites for hydroxylation is 1. The van der Waals surface area contributed by atoms with Crippen molar-refractivity contribution < 1.29 is 22.7 Å². The number of sulfonamides is 1. The number of hydrogen-bond donors (Lipinski definition) is 1. The minimum Gasteiger partial charge on any atom is -0.465 e. The van der Waals surface area contributed by atoms with Gasteiger partial charge in [-0.2, -0.15) is 0 Å². The van der Waals surface area contributed by atoms with Gasteiger partial charge in [0.05, 0.1) is 28.3 Å². The van der Waals surface area contributed by atoms with Crippen molar-refractivity contribution in [3.8, 4) is 0 Å². The molecule has 31 heavy (non-hydrogen) atoms. The van der Waals surface area contributed by atoms with E-state index in [2.05, 4.69) is 9.71 Å². The molecule has 0 unspecified atom stereocenters. The van der Waals surface area contributed by atoms with Gasteiger partial charge in [0, 0.05) is 16.8 Å². The third-order valence-corrected chi connectivity index (χ3v) is 6.32. The van der Waals surface area contributed by atoms with Crippen molar-refractivity contribution in [2.75, 3.05) is 11.8 Å². The van der Waals surface area contributed by atoms with Crippen LogP contribution in [0, 0.1) is 6.92 Å². The smallest absolute Gasteiger partial charge is 0.338 e. The lowest BCUT2D eigenvalue weighted by Gasteiger charge is -2.13. The Bertz CT molecular complexity index is 1290. The first-order valence-corrected chi connectivity index (χ1v) is 11.0. The predicted molar refractivity (Wildman–Crippen MR) is 117 cm³/mol. The second-order valence-electron chi connectivity index (χ2n) is 6.43. The molecule has 1 heterocycles. The molecule has 0 saturated carbocycles. The quantitative estimate of drug-likeness (QED) is 0.412. The second-order valence-corrected chi connectivity index (χ2v) is 8.96. The van der Waals surface area contributed by atoms with Crippen LogP contribution in [0.15, 0.2) is 59.6 Å². The molecule has 0 fully saturated rings. The standard InChI is InChI=1S/C21H16Cl2N2O5S/c1-12-9-14(7-8-17(12)23)31(28,29)25-18-10-13(22)11-24-19(18)20(26)15-5-3-4-6-16(15)21(27)30-2/h3-11,25H,1-2H3. The molecule has 0 aliphatic heterocycles. The molecule has 0 aliphatic rings. The Labute approximate surface area is 189 Å². The number of rotatable bonds is 6. The number of anilines is 1. The molecule has 0 atom stereocenters. The van der Waals surface area contributed by atoms with Crippen LogP contribution in [0.2, 0.25) is 10.0 Å². The van der Waals surface area contributed by atoms with Crippen molar-refractivity contribution in [2.24, 2.45) is 0 Å². The van der Waals surface area contributed by atoms with Gasteiger partial charge in [0.2, 0.25) is 5.78 Å². The first kappa shape index (κ1) is 22.7. The topological polar surface area (TPSA) is 102 Å². The van der Waals surface area contributed by atoms with Gasteiger partial charge in [-0.05, 0) is 42.8 Å². The lowest BCUT2D eigenvalue weighted by Crippen LogP contribution is -2.18. The zero-order valence-corrected chi connectivity index (χ0v) is 18.7. The fourth-order valence-corrected chi connectivity index (χ4v) is 4.20. The van der Waals surface area contributed by atoms with E-state index in [0.29, 0.717) is 10.6 Å². The van der Waals surface area contributed by atoms with Crippen LogP contribution in [-0.2, 0) is 14.8 Å². The number of nitrogens with one attached hydrogen (secondary N) is 1. The molecular formula is C21H16Cl2N2O5S. The molecule has 0 amide bonds. The molecule has 160 valence electrons. The van der Waals surface area contributed by atoms with Gasteiger partial charge in [-0.3, -0.25) is 9.52 Å². The van der Waals surface area contributed by atoms with E-state index in [1.807, 2.05) is 0 Å². The third kappa shape index (κ3) is 4.87. The molecule has 2 aromatic carbocycles. The number of hydrogen-bond acceptors (Lipinski definition) is 6. The number of methoxy groups -OCH3 is 1. The molecule has 10 heteroatoms. The molecule has 3 aromatic rings. The predicted octanol–water partition coefficient (Wildman–Crippen LogP) is 4.52. The number of esters is 1. The molecule has 0 spiro atoms. The van der Waals surface area contributed by atoms with E-state index in [0.717, 1.165) is 0 Å². The lowest BCUT2D eigenvalue weighted by molar-refractivity contribution is 0.0597. The van der Waals surface area contributed by atoms with Gasteiger partial charge in [-0.15, -0.1) is 0 Å². The number of halogens is 2. The van der Waals surface area contributed by atoms with Crippen LogP contribution in [-0.4, -0.2) is 32.3 Å².